The van der Waals surface area contributed by atoms with Crippen molar-refractivity contribution in [1.82, 2.24) is 10.3 Å². The summed E-state index contributed by atoms with van der Waals surface area (Å²) in [6, 6.07) is -0.507. The molecule has 7 heteroatoms. The maximum atomic E-state index is 11.6. The molecule has 1 heterocycles. The maximum Gasteiger partial charge on any atom is 0.312 e. The first-order chi connectivity index (χ1) is 8.99. The fraction of sp³-hybridized carbons (Fsp3) is 0.583. The van der Waals surface area contributed by atoms with Crippen molar-refractivity contribution in [2.24, 2.45) is 5.73 Å². The second-order valence-electron chi connectivity index (χ2n) is 4.31. The summed E-state index contributed by atoms with van der Waals surface area (Å²) < 4.78 is 0. The van der Waals surface area contributed by atoms with E-state index < -0.39 is 6.03 Å². The Balaban J connectivity index is 2.13. The minimum atomic E-state index is -0.507. The van der Waals surface area contributed by atoms with E-state index in [1.165, 1.54) is 11.3 Å². The van der Waals surface area contributed by atoms with Crippen molar-refractivity contribution >= 4 is 28.4 Å². The van der Waals surface area contributed by atoms with Crippen molar-refractivity contribution in [1.29, 1.82) is 0 Å². The minimum absolute atomic E-state index is 0.0170. The molecule has 1 aromatic heterocycles. The molecule has 0 spiro atoms. The Labute approximate surface area is 116 Å². The molecule has 0 saturated heterocycles. The molecule has 0 fully saturated rings. The highest BCUT2D eigenvalue weighted by Gasteiger charge is 2.07. The van der Waals surface area contributed by atoms with Gasteiger partial charge in [0.2, 0.25) is 5.91 Å². The summed E-state index contributed by atoms with van der Waals surface area (Å²) in [5.41, 5.74) is 5.89. The first-order valence-electron chi connectivity index (χ1n) is 6.26. The highest BCUT2D eigenvalue weighted by Crippen LogP contribution is 2.21. The molecular weight excluding hydrogens is 264 g/mol. The van der Waals surface area contributed by atoms with Crippen LogP contribution in [-0.2, 0) is 4.79 Å². The van der Waals surface area contributed by atoms with Crippen molar-refractivity contribution in [3.63, 3.8) is 0 Å². The van der Waals surface area contributed by atoms with Gasteiger partial charge in [0.1, 0.15) is 0 Å². The van der Waals surface area contributed by atoms with Crippen molar-refractivity contribution < 1.29 is 9.59 Å². The van der Waals surface area contributed by atoms with E-state index >= 15 is 0 Å². The van der Waals surface area contributed by atoms with Gasteiger partial charge in [-0.3, -0.25) is 4.79 Å². The van der Waals surface area contributed by atoms with Gasteiger partial charge in [-0.15, -0.1) is 11.3 Å². The number of primary amides is 1. The van der Waals surface area contributed by atoms with Crippen LogP contribution in [0.25, 0.3) is 0 Å². The summed E-state index contributed by atoms with van der Waals surface area (Å²) in [4.78, 5) is 27.4. The van der Waals surface area contributed by atoms with Crippen LogP contribution in [-0.4, -0.2) is 23.5 Å². The number of carbonyl (C=O) groups excluding carboxylic acids is 2. The van der Waals surface area contributed by atoms with Gasteiger partial charge < -0.3 is 16.4 Å². The molecule has 6 nitrogen and oxygen atoms in total. The Kier molecular flexibility index (Phi) is 6.27. The third kappa shape index (κ3) is 6.19. The summed E-state index contributed by atoms with van der Waals surface area (Å²) in [6.07, 6.45) is 2.96. The van der Waals surface area contributed by atoms with E-state index in [2.05, 4.69) is 15.6 Å². The van der Waals surface area contributed by atoms with E-state index in [0.29, 0.717) is 18.1 Å². The SMILES string of the molecule is Cc1nc(NC(=O)CCCCCNC(N)=O)sc1C. The molecule has 19 heavy (non-hydrogen) atoms. The number of hydrogen-bond acceptors (Lipinski definition) is 4. The smallest absolute Gasteiger partial charge is 0.312 e. The number of rotatable bonds is 7. The van der Waals surface area contributed by atoms with E-state index in [9.17, 15) is 9.59 Å². The monoisotopic (exact) mass is 284 g/mol. The average Bonchev–Trinajstić information content (AvgIpc) is 2.62. The lowest BCUT2D eigenvalue weighted by molar-refractivity contribution is -0.116. The second kappa shape index (κ2) is 7.73. The number of aromatic nitrogens is 1. The molecule has 0 radical (unpaired) electrons. The Morgan fingerprint density at radius 1 is 1.26 bits per heavy atom. The van der Waals surface area contributed by atoms with Gasteiger partial charge in [0, 0.05) is 17.8 Å². The predicted octanol–water partition coefficient (Wildman–Crippen LogP) is 1.93. The first kappa shape index (κ1) is 15.4. The Hall–Kier alpha value is -1.63. The highest BCUT2D eigenvalue weighted by atomic mass is 32.1. The third-order valence-electron chi connectivity index (χ3n) is 2.65. The van der Waals surface area contributed by atoms with Gasteiger partial charge in [0.15, 0.2) is 5.13 Å². The lowest BCUT2D eigenvalue weighted by Gasteiger charge is -2.02. The van der Waals surface area contributed by atoms with Crippen molar-refractivity contribution in [3.05, 3.63) is 10.6 Å². The summed E-state index contributed by atoms with van der Waals surface area (Å²) >= 11 is 1.49. The summed E-state index contributed by atoms with van der Waals surface area (Å²) in [7, 11) is 0. The fourth-order valence-corrected chi connectivity index (χ4v) is 2.34. The zero-order valence-corrected chi connectivity index (χ0v) is 12.1. The number of anilines is 1. The molecule has 1 rings (SSSR count). The fourth-order valence-electron chi connectivity index (χ4n) is 1.51. The molecule has 0 unspecified atom stereocenters. The normalized spacial score (nSPS) is 10.2. The Bertz CT molecular complexity index is 425. The van der Waals surface area contributed by atoms with Crippen LogP contribution in [0.15, 0.2) is 0 Å². The molecule has 0 aliphatic rings. The van der Waals surface area contributed by atoms with Gasteiger partial charge in [-0.1, -0.05) is 6.42 Å². The minimum Gasteiger partial charge on any atom is -0.352 e. The maximum absolute atomic E-state index is 11.6. The van der Waals surface area contributed by atoms with Crippen molar-refractivity contribution in [2.45, 2.75) is 39.5 Å². The van der Waals surface area contributed by atoms with Crippen molar-refractivity contribution in [3.8, 4) is 0 Å². The highest BCUT2D eigenvalue weighted by molar-refractivity contribution is 7.15. The number of amides is 3. The molecule has 1 aromatic rings. The lowest BCUT2D eigenvalue weighted by atomic mass is 10.2. The molecule has 0 bridgehead atoms. The number of thiazole rings is 1. The number of nitrogens with zero attached hydrogens (tertiary/aromatic N) is 1. The molecule has 4 N–H and O–H groups in total. The number of nitrogens with two attached hydrogens (primary N) is 1. The second-order valence-corrected chi connectivity index (χ2v) is 5.51. The van der Waals surface area contributed by atoms with Crippen LogP contribution in [0.1, 0.15) is 36.3 Å². The van der Waals surface area contributed by atoms with Crippen LogP contribution in [0.3, 0.4) is 0 Å². The van der Waals surface area contributed by atoms with Gasteiger partial charge in [0.25, 0.3) is 0 Å². The van der Waals surface area contributed by atoms with Crippen LogP contribution in [0.2, 0.25) is 0 Å². The number of aryl methyl sites for hydroxylation is 2. The van der Waals surface area contributed by atoms with E-state index in [0.717, 1.165) is 29.8 Å². The molecule has 0 atom stereocenters. The molecule has 0 saturated carbocycles. The number of hydrogen-bond donors (Lipinski definition) is 3. The van der Waals surface area contributed by atoms with Crippen molar-refractivity contribution in [2.75, 3.05) is 11.9 Å². The van der Waals surface area contributed by atoms with Crippen LogP contribution in [0, 0.1) is 13.8 Å². The standard InChI is InChI=1S/C12H20N4O2S/c1-8-9(2)19-12(15-8)16-10(17)6-4-3-5-7-14-11(13)18/h3-7H2,1-2H3,(H3,13,14,18)(H,15,16,17). The Morgan fingerprint density at radius 3 is 2.58 bits per heavy atom. The van der Waals surface area contributed by atoms with E-state index in [4.69, 9.17) is 5.73 Å². The van der Waals surface area contributed by atoms with Crippen LogP contribution in [0.5, 0.6) is 0 Å². The average molecular weight is 284 g/mol. The largest absolute Gasteiger partial charge is 0.352 e. The molecule has 106 valence electrons. The lowest BCUT2D eigenvalue weighted by Crippen LogP contribution is -2.29. The van der Waals surface area contributed by atoms with Gasteiger partial charge in [-0.2, -0.15) is 0 Å². The van der Waals surface area contributed by atoms with Gasteiger partial charge >= 0.3 is 6.03 Å². The number of urea groups is 1. The van der Waals surface area contributed by atoms with Gasteiger partial charge in [-0.05, 0) is 26.7 Å². The van der Waals surface area contributed by atoms with Crippen LogP contribution >= 0.6 is 11.3 Å². The first-order valence-corrected chi connectivity index (χ1v) is 7.08. The molecule has 3 amide bonds. The predicted molar refractivity (Wildman–Crippen MR) is 76.3 cm³/mol. The number of carbonyl (C=O) groups is 2. The van der Waals surface area contributed by atoms with E-state index in [1.54, 1.807) is 0 Å². The topological polar surface area (TPSA) is 97.1 Å². The zero-order valence-electron chi connectivity index (χ0n) is 11.3. The quantitative estimate of drug-likeness (QED) is 0.667. The summed E-state index contributed by atoms with van der Waals surface area (Å²) in [6.45, 7) is 4.46. The van der Waals surface area contributed by atoms with E-state index in [1.807, 2.05) is 13.8 Å². The number of nitrogens with one attached hydrogen (secondary N) is 2. The Morgan fingerprint density at radius 2 is 2.00 bits per heavy atom. The van der Waals surface area contributed by atoms with Crippen LogP contribution in [0.4, 0.5) is 9.93 Å². The molecule has 0 aliphatic heterocycles. The molecule has 0 aromatic carbocycles. The van der Waals surface area contributed by atoms with Crippen LogP contribution < -0.4 is 16.4 Å². The summed E-state index contributed by atoms with van der Waals surface area (Å²) in [5, 5.41) is 5.97. The summed E-state index contributed by atoms with van der Waals surface area (Å²) in [5.74, 6) is -0.0170. The van der Waals surface area contributed by atoms with Gasteiger partial charge in [0.05, 0.1) is 5.69 Å². The number of unbranched alkanes of at least 4 members (excludes halogenated alkanes) is 2. The molecule has 0 aliphatic carbocycles. The van der Waals surface area contributed by atoms with Gasteiger partial charge in [-0.25, -0.2) is 9.78 Å². The third-order valence-corrected chi connectivity index (χ3v) is 3.64. The zero-order chi connectivity index (χ0) is 14.3. The van der Waals surface area contributed by atoms with E-state index in [-0.39, 0.29) is 5.91 Å². The molecular formula is C12H20N4O2S.